The Balaban J connectivity index is 1.80. The van der Waals surface area contributed by atoms with Gasteiger partial charge in [0.25, 0.3) is 0 Å². The second kappa shape index (κ2) is 7.29. The Kier molecular flexibility index (Phi) is 5.42. The van der Waals surface area contributed by atoms with Gasteiger partial charge in [-0.3, -0.25) is 4.79 Å². The zero-order valence-corrected chi connectivity index (χ0v) is 12.5. The molecule has 0 saturated carbocycles. The van der Waals surface area contributed by atoms with Crippen molar-refractivity contribution in [3.8, 4) is 0 Å². The zero-order chi connectivity index (χ0) is 15.2. The summed E-state index contributed by atoms with van der Waals surface area (Å²) < 4.78 is 13.0. The largest absolute Gasteiger partial charge is 0.384 e. The third kappa shape index (κ3) is 4.92. The predicted molar refractivity (Wildman–Crippen MR) is 84.6 cm³/mol. The van der Waals surface area contributed by atoms with Crippen LogP contribution in [0.15, 0.2) is 42.5 Å². The Morgan fingerprint density at radius 2 is 1.90 bits per heavy atom. The number of nitrogens with one attached hydrogen (secondary N) is 2. The maximum atomic E-state index is 13.0. The minimum atomic E-state index is -0.471. The summed E-state index contributed by atoms with van der Waals surface area (Å²) >= 11 is 11.5. The van der Waals surface area contributed by atoms with E-state index in [9.17, 15) is 9.18 Å². The van der Waals surface area contributed by atoms with Crippen molar-refractivity contribution < 1.29 is 9.18 Å². The van der Waals surface area contributed by atoms with Gasteiger partial charge in [-0.1, -0.05) is 29.3 Å². The van der Waals surface area contributed by atoms with Gasteiger partial charge < -0.3 is 10.6 Å². The number of anilines is 2. The van der Waals surface area contributed by atoms with E-state index in [4.69, 9.17) is 23.2 Å². The van der Waals surface area contributed by atoms with Crippen molar-refractivity contribution in [3.63, 3.8) is 0 Å². The number of carbonyl (C=O) groups is 1. The summed E-state index contributed by atoms with van der Waals surface area (Å²) in [6.45, 7) is 0.411. The number of benzene rings is 2. The lowest BCUT2D eigenvalue weighted by Gasteiger charge is -2.08. The van der Waals surface area contributed by atoms with Gasteiger partial charge in [0.05, 0.1) is 5.02 Å². The molecule has 0 radical (unpaired) electrons. The van der Waals surface area contributed by atoms with Gasteiger partial charge in [-0.2, -0.15) is 0 Å². The van der Waals surface area contributed by atoms with Gasteiger partial charge in [0.15, 0.2) is 0 Å². The summed E-state index contributed by atoms with van der Waals surface area (Å²) in [5.41, 5.74) is 1.31. The molecule has 2 N–H and O–H groups in total. The molecule has 0 heterocycles. The second-order valence-electron chi connectivity index (χ2n) is 4.36. The number of halogens is 3. The molecule has 3 nitrogen and oxygen atoms in total. The van der Waals surface area contributed by atoms with Crippen LogP contribution in [0.3, 0.4) is 0 Å². The summed E-state index contributed by atoms with van der Waals surface area (Å²) in [7, 11) is 0. The van der Waals surface area contributed by atoms with Crippen molar-refractivity contribution in [3.05, 3.63) is 58.3 Å². The van der Waals surface area contributed by atoms with E-state index in [1.807, 2.05) is 0 Å². The molecule has 21 heavy (non-hydrogen) atoms. The highest BCUT2D eigenvalue weighted by Crippen LogP contribution is 2.19. The van der Waals surface area contributed by atoms with Gasteiger partial charge >= 0.3 is 0 Å². The van der Waals surface area contributed by atoms with Crippen LogP contribution >= 0.6 is 23.2 Å². The molecule has 0 fully saturated rings. The first-order chi connectivity index (χ1) is 10.0. The summed E-state index contributed by atoms with van der Waals surface area (Å²) in [5.74, 6) is -0.612. The fourth-order valence-corrected chi connectivity index (χ4v) is 2.09. The minimum Gasteiger partial charge on any atom is -0.384 e. The van der Waals surface area contributed by atoms with E-state index in [0.717, 1.165) is 0 Å². The summed E-state index contributed by atoms with van der Waals surface area (Å²) in [6, 6.07) is 11.2. The van der Waals surface area contributed by atoms with Gasteiger partial charge in [-0.15, -0.1) is 0 Å². The first-order valence-corrected chi connectivity index (χ1v) is 7.04. The van der Waals surface area contributed by atoms with Crippen LogP contribution in [-0.4, -0.2) is 12.5 Å². The van der Waals surface area contributed by atoms with E-state index in [1.165, 1.54) is 12.1 Å². The molecule has 1 amide bonds. The number of hydrogen-bond acceptors (Lipinski definition) is 2. The monoisotopic (exact) mass is 326 g/mol. The Morgan fingerprint density at radius 1 is 1.10 bits per heavy atom. The van der Waals surface area contributed by atoms with Crippen molar-refractivity contribution in [2.45, 2.75) is 6.42 Å². The van der Waals surface area contributed by atoms with Gasteiger partial charge in [-0.25, -0.2) is 4.39 Å². The van der Waals surface area contributed by atoms with Gasteiger partial charge in [0.2, 0.25) is 5.91 Å². The van der Waals surface area contributed by atoms with Crippen LogP contribution in [0.5, 0.6) is 0 Å². The summed E-state index contributed by atoms with van der Waals surface area (Å²) in [4.78, 5) is 11.8. The molecule has 0 aliphatic carbocycles. The number of rotatable bonds is 5. The van der Waals surface area contributed by atoms with Crippen LogP contribution in [0.2, 0.25) is 10.0 Å². The molecule has 0 unspecified atom stereocenters. The van der Waals surface area contributed by atoms with E-state index in [-0.39, 0.29) is 17.4 Å². The molecule has 0 aromatic heterocycles. The first kappa shape index (κ1) is 15.6. The normalized spacial score (nSPS) is 10.2. The predicted octanol–water partition coefficient (Wildman–Crippen LogP) is 4.57. The smallest absolute Gasteiger partial charge is 0.226 e. The molecule has 2 rings (SSSR count). The quantitative estimate of drug-likeness (QED) is 0.844. The number of amides is 1. The average Bonchev–Trinajstić information content (AvgIpc) is 2.43. The topological polar surface area (TPSA) is 41.1 Å². The molecule has 2 aromatic rings. The Morgan fingerprint density at radius 3 is 2.62 bits per heavy atom. The highest BCUT2D eigenvalue weighted by Gasteiger charge is 2.04. The SMILES string of the molecule is O=C(CCNc1ccc(F)c(Cl)c1)Nc1cccc(Cl)c1. The van der Waals surface area contributed by atoms with Crippen molar-refractivity contribution in [1.29, 1.82) is 0 Å². The minimum absolute atomic E-state index is 0.0448. The van der Waals surface area contributed by atoms with Crippen LogP contribution in [-0.2, 0) is 4.79 Å². The van der Waals surface area contributed by atoms with E-state index in [0.29, 0.717) is 22.9 Å². The molecular formula is C15H13Cl2FN2O. The lowest BCUT2D eigenvalue weighted by atomic mass is 10.3. The summed E-state index contributed by atoms with van der Waals surface area (Å²) in [5, 5.41) is 6.35. The molecule has 0 bridgehead atoms. The summed E-state index contributed by atoms with van der Waals surface area (Å²) in [6.07, 6.45) is 0.265. The van der Waals surface area contributed by atoms with Crippen molar-refractivity contribution in [2.24, 2.45) is 0 Å². The molecule has 0 aliphatic heterocycles. The third-order valence-electron chi connectivity index (χ3n) is 2.71. The molecule has 0 spiro atoms. The fourth-order valence-electron chi connectivity index (χ4n) is 1.72. The highest BCUT2D eigenvalue weighted by molar-refractivity contribution is 6.31. The van der Waals surface area contributed by atoms with Crippen LogP contribution in [0.4, 0.5) is 15.8 Å². The molecule has 6 heteroatoms. The lowest BCUT2D eigenvalue weighted by Crippen LogP contribution is -2.16. The number of hydrogen-bond donors (Lipinski definition) is 2. The Labute approximate surface area is 132 Å². The van der Waals surface area contributed by atoms with Crippen molar-refractivity contribution in [1.82, 2.24) is 0 Å². The van der Waals surface area contributed by atoms with Crippen LogP contribution < -0.4 is 10.6 Å². The molecule has 0 aliphatic rings. The average molecular weight is 327 g/mol. The number of carbonyl (C=O) groups excluding carboxylic acids is 1. The van der Waals surface area contributed by atoms with E-state index in [1.54, 1.807) is 30.3 Å². The third-order valence-corrected chi connectivity index (χ3v) is 3.23. The first-order valence-electron chi connectivity index (χ1n) is 6.29. The molecule has 0 atom stereocenters. The Bertz CT molecular complexity index is 649. The van der Waals surface area contributed by atoms with Gasteiger partial charge in [-0.05, 0) is 36.4 Å². The van der Waals surface area contributed by atoms with E-state index in [2.05, 4.69) is 10.6 Å². The van der Waals surface area contributed by atoms with Gasteiger partial charge in [0, 0.05) is 29.4 Å². The fraction of sp³-hybridized carbons (Fsp3) is 0.133. The van der Waals surface area contributed by atoms with E-state index < -0.39 is 5.82 Å². The van der Waals surface area contributed by atoms with Crippen LogP contribution in [0.1, 0.15) is 6.42 Å². The molecule has 110 valence electrons. The van der Waals surface area contributed by atoms with Crippen LogP contribution in [0, 0.1) is 5.82 Å². The maximum Gasteiger partial charge on any atom is 0.226 e. The van der Waals surface area contributed by atoms with Gasteiger partial charge in [0.1, 0.15) is 5.82 Å². The standard InChI is InChI=1S/C15H13Cl2FN2O/c16-10-2-1-3-12(8-10)20-15(21)6-7-19-11-4-5-14(18)13(17)9-11/h1-5,8-9,19H,6-7H2,(H,20,21). The maximum absolute atomic E-state index is 13.0. The Hall–Kier alpha value is -1.78. The van der Waals surface area contributed by atoms with Crippen LogP contribution in [0.25, 0.3) is 0 Å². The zero-order valence-electron chi connectivity index (χ0n) is 11.0. The second-order valence-corrected chi connectivity index (χ2v) is 5.21. The molecule has 0 saturated heterocycles. The van der Waals surface area contributed by atoms with Crippen molar-refractivity contribution in [2.75, 3.05) is 17.2 Å². The van der Waals surface area contributed by atoms with Crippen molar-refractivity contribution >= 4 is 40.5 Å². The highest BCUT2D eigenvalue weighted by atomic mass is 35.5. The lowest BCUT2D eigenvalue weighted by molar-refractivity contribution is -0.115. The molecular weight excluding hydrogens is 314 g/mol. The molecule has 2 aromatic carbocycles. The van der Waals surface area contributed by atoms with E-state index >= 15 is 0 Å².